The average molecular weight is 299 g/mol. The van der Waals surface area contributed by atoms with Gasteiger partial charge in [-0.25, -0.2) is 4.79 Å². The van der Waals surface area contributed by atoms with E-state index in [4.69, 9.17) is 4.74 Å². The fraction of sp³-hybridized carbons (Fsp3) is 0.857. The smallest absolute Gasteiger partial charge is 0.314 e. The maximum absolute atomic E-state index is 11.7. The molecule has 1 aliphatic heterocycles. The molecule has 0 aromatic heterocycles. The molecule has 4 N–H and O–H groups in total. The summed E-state index contributed by atoms with van der Waals surface area (Å²) in [6.07, 6.45) is 4.27. The second kappa shape index (κ2) is 7.61. The SMILES string of the molecule is O=C(NCCCNC1CC1)NCC1(C(=O)O)CCOCC1. The lowest BCUT2D eigenvalue weighted by Gasteiger charge is -2.33. The van der Waals surface area contributed by atoms with Crippen molar-refractivity contribution < 1.29 is 19.4 Å². The van der Waals surface area contributed by atoms with Gasteiger partial charge in [0.15, 0.2) is 0 Å². The van der Waals surface area contributed by atoms with Crippen LogP contribution in [0, 0.1) is 5.41 Å². The zero-order valence-electron chi connectivity index (χ0n) is 12.3. The van der Waals surface area contributed by atoms with Crippen molar-refractivity contribution in [3.05, 3.63) is 0 Å². The normalized spacial score (nSPS) is 20.8. The zero-order valence-corrected chi connectivity index (χ0v) is 12.3. The highest BCUT2D eigenvalue weighted by Gasteiger charge is 2.40. The van der Waals surface area contributed by atoms with Gasteiger partial charge in [-0.15, -0.1) is 0 Å². The molecular weight excluding hydrogens is 274 g/mol. The molecule has 2 fully saturated rings. The number of ether oxygens (including phenoxy) is 1. The van der Waals surface area contributed by atoms with Crippen molar-refractivity contribution in [2.24, 2.45) is 5.41 Å². The number of hydrogen-bond donors (Lipinski definition) is 4. The van der Waals surface area contributed by atoms with Crippen LogP contribution in [0.5, 0.6) is 0 Å². The van der Waals surface area contributed by atoms with Crippen LogP contribution in [0.25, 0.3) is 0 Å². The summed E-state index contributed by atoms with van der Waals surface area (Å²) >= 11 is 0. The summed E-state index contributed by atoms with van der Waals surface area (Å²) in [6.45, 7) is 2.51. The average Bonchev–Trinajstić information content (AvgIpc) is 3.30. The Morgan fingerprint density at radius 3 is 2.48 bits per heavy atom. The molecule has 0 aromatic rings. The second-order valence-corrected chi connectivity index (χ2v) is 5.89. The molecule has 1 saturated heterocycles. The summed E-state index contributed by atoms with van der Waals surface area (Å²) in [4.78, 5) is 23.1. The molecule has 0 spiro atoms. The van der Waals surface area contributed by atoms with E-state index >= 15 is 0 Å². The molecule has 0 unspecified atom stereocenters. The van der Waals surface area contributed by atoms with Crippen molar-refractivity contribution in [3.8, 4) is 0 Å². The zero-order chi connectivity index (χ0) is 15.1. The van der Waals surface area contributed by atoms with Gasteiger partial charge in [0.05, 0.1) is 5.41 Å². The predicted octanol–water partition coefficient (Wildman–Crippen LogP) is 0.309. The number of hydrogen-bond acceptors (Lipinski definition) is 4. The Labute approximate surface area is 124 Å². The number of aliphatic carboxylic acids is 1. The molecular formula is C14H25N3O4. The summed E-state index contributed by atoms with van der Waals surface area (Å²) < 4.78 is 5.20. The standard InChI is InChI=1S/C14H25N3O4/c18-12(19)14(4-8-21-9-5-14)10-17-13(20)16-7-1-6-15-11-2-3-11/h11,15H,1-10H2,(H,18,19)(H2,16,17,20). The summed E-state index contributed by atoms with van der Waals surface area (Å²) in [5.74, 6) is -0.861. The first kappa shape index (κ1) is 16.0. The molecule has 2 rings (SSSR count). The molecule has 0 bridgehead atoms. The lowest BCUT2D eigenvalue weighted by Crippen LogP contribution is -2.49. The van der Waals surface area contributed by atoms with Gasteiger partial charge in [0.25, 0.3) is 0 Å². The van der Waals surface area contributed by atoms with E-state index in [1.807, 2.05) is 0 Å². The molecule has 7 heteroatoms. The first-order valence-electron chi connectivity index (χ1n) is 7.69. The number of carboxylic acid groups (broad SMARTS) is 1. The quantitative estimate of drug-likeness (QED) is 0.483. The molecule has 2 amide bonds. The number of carbonyl (C=O) groups excluding carboxylic acids is 1. The summed E-state index contributed by atoms with van der Waals surface area (Å²) in [5.41, 5.74) is -0.886. The number of rotatable bonds is 8. The predicted molar refractivity (Wildman–Crippen MR) is 77.2 cm³/mol. The van der Waals surface area contributed by atoms with Gasteiger partial charge in [0.2, 0.25) is 0 Å². The van der Waals surface area contributed by atoms with Gasteiger partial charge < -0.3 is 25.8 Å². The summed E-state index contributed by atoms with van der Waals surface area (Å²) in [6, 6.07) is 0.385. The highest BCUT2D eigenvalue weighted by atomic mass is 16.5. The topological polar surface area (TPSA) is 99.7 Å². The van der Waals surface area contributed by atoms with Crippen LogP contribution in [0.4, 0.5) is 4.79 Å². The molecule has 120 valence electrons. The van der Waals surface area contributed by atoms with E-state index in [0.29, 0.717) is 38.6 Å². The maximum Gasteiger partial charge on any atom is 0.314 e. The molecule has 1 aliphatic carbocycles. The van der Waals surface area contributed by atoms with Gasteiger partial charge in [-0.1, -0.05) is 0 Å². The minimum atomic E-state index is -0.886. The van der Waals surface area contributed by atoms with Crippen molar-refractivity contribution >= 4 is 12.0 Å². The maximum atomic E-state index is 11.7. The van der Waals surface area contributed by atoms with Crippen LogP contribution in [0.15, 0.2) is 0 Å². The fourth-order valence-electron chi connectivity index (χ4n) is 2.42. The van der Waals surface area contributed by atoms with E-state index in [0.717, 1.165) is 13.0 Å². The molecule has 0 aromatic carbocycles. The lowest BCUT2D eigenvalue weighted by molar-refractivity contribution is -0.154. The van der Waals surface area contributed by atoms with Crippen molar-refractivity contribution in [1.82, 2.24) is 16.0 Å². The van der Waals surface area contributed by atoms with Crippen molar-refractivity contribution in [1.29, 1.82) is 0 Å². The third-order valence-electron chi connectivity index (χ3n) is 4.14. The van der Waals surface area contributed by atoms with E-state index < -0.39 is 11.4 Å². The molecule has 1 saturated carbocycles. The molecule has 2 aliphatic rings. The highest BCUT2D eigenvalue weighted by Crippen LogP contribution is 2.29. The molecule has 21 heavy (non-hydrogen) atoms. The lowest BCUT2D eigenvalue weighted by atomic mass is 9.80. The monoisotopic (exact) mass is 299 g/mol. The van der Waals surface area contributed by atoms with Crippen LogP contribution in [0.1, 0.15) is 32.1 Å². The van der Waals surface area contributed by atoms with Gasteiger partial charge in [-0.2, -0.15) is 0 Å². The van der Waals surface area contributed by atoms with Crippen molar-refractivity contribution in [2.45, 2.75) is 38.1 Å². The van der Waals surface area contributed by atoms with Gasteiger partial charge in [0.1, 0.15) is 0 Å². The first-order chi connectivity index (χ1) is 10.1. The minimum absolute atomic E-state index is 0.151. The molecule has 0 radical (unpaired) electrons. The van der Waals surface area contributed by atoms with Crippen LogP contribution < -0.4 is 16.0 Å². The van der Waals surface area contributed by atoms with Crippen LogP contribution in [0.3, 0.4) is 0 Å². The van der Waals surface area contributed by atoms with E-state index in [1.54, 1.807) is 0 Å². The van der Waals surface area contributed by atoms with Crippen molar-refractivity contribution in [3.63, 3.8) is 0 Å². The molecule has 7 nitrogen and oxygen atoms in total. The highest BCUT2D eigenvalue weighted by molar-refractivity contribution is 5.78. The minimum Gasteiger partial charge on any atom is -0.481 e. The first-order valence-corrected chi connectivity index (χ1v) is 7.69. The number of urea groups is 1. The van der Waals surface area contributed by atoms with Crippen LogP contribution in [-0.2, 0) is 9.53 Å². The van der Waals surface area contributed by atoms with E-state index in [-0.39, 0.29) is 12.6 Å². The van der Waals surface area contributed by atoms with E-state index in [2.05, 4.69) is 16.0 Å². The van der Waals surface area contributed by atoms with Gasteiger partial charge in [-0.05, 0) is 38.6 Å². The van der Waals surface area contributed by atoms with Crippen molar-refractivity contribution in [2.75, 3.05) is 32.8 Å². The number of nitrogens with one attached hydrogen (secondary N) is 3. The number of carbonyl (C=O) groups is 2. The van der Waals surface area contributed by atoms with Crippen LogP contribution >= 0.6 is 0 Å². The van der Waals surface area contributed by atoms with E-state index in [1.165, 1.54) is 12.8 Å². The summed E-state index contributed by atoms with van der Waals surface area (Å²) in [7, 11) is 0. The Bertz CT molecular complexity index is 365. The second-order valence-electron chi connectivity index (χ2n) is 5.89. The Kier molecular flexibility index (Phi) is 5.81. The number of carboxylic acids is 1. The van der Waals surface area contributed by atoms with E-state index in [9.17, 15) is 14.7 Å². The van der Waals surface area contributed by atoms with Crippen LogP contribution in [0.2, 0.25) is 0 Å². The Morgan fingerprint density at radius 1 is 1.14 bits per heavy atom. The third kappa shape index (κ3) is 5.17. The van der Waals surface area contributed by atoms with Gasteiger partial charge in [0, 0.05) is 32.3 Å². The largest absolute Gasteiger partial charge is 0.481 e. The Hall–Kier alpha value is -1.34. The van der Waals surface area contributed by atoms with Crippen LogP contribution in [-0.4, -0.2) is 56.0 Å². The fourth-order valence-corrected chi connectivity index (χ4v) is 2.42. The molecule has 0 atom stereocenters. The molecule has 1 heterocycles. The Morgan fingerprint density at radius 2 is 1.86 bits per heavy atom. The number of amides is 2. The third-order valence-corrected chi connectivity index (χ3v) is 4.14. The Balaban J connectivity index is 1.60. The van der Waals surface area contributed by atoms with Gasteiger partial charge >= 0.3 is 12.0 Å². The summed E-state index contributed by atoms with van der Waals surface area (Å²) in [5, 5.41) is 18.2. The van der Waals surface area contributed by atoms with Gasteiger partial charge in [-0.3, -0.25) is 4.79 Å².